The summed E-state index contributed by atoms with van der Waals surface area (Å²) in [7, 11) is 1.91. The van der Waals surface area contributed by atoms with E-state index in [1.54, 1.807) is 17.4 Å². The first-order valence-corrected chi connectivity index (χ1v) is 6.89. The molecule has 0 atom stereocenters. The van der Waals surface area contributed by atoms with Crippen molar-refractivity contribution in [2.45, 2.75) is 6.54 Å². The second kappa shape index (κ2) is 5.44. The molecule has 90 valence electrons. The third-order valence-electron chi connectivity index (χ3n) is 2.23. The Bertz CT molecular complexity index is 514. The van der Waals surface area contributed by atoms with E-state index < -0.39 is 0 Å². The number of pyridine rings is 1. The van der Waals surface area contributed by atoms with Gasteiger partial charge in [0.1, 0.15) is 11.0 Å². The average molecular weight is 308 g/mol. The lowest BCUT2D eigenvalue weighted by Crippen LogP contribution is -2.17. The predicted molar refractivity (Wildman–Crippen MR) is 75.7 cm³/mol. The zero-order valence-electron chi connectivity index (χ0n) is 8.95. The number of nitrogens with zero attached hydrogens (tertiary/aromatic N) is 2. The molecular formula is C11H9Cl3N2S. The van der Waals surface area contributed by atoms with Crippen molar-refractivity contribution in [1.29, 1.82) is 0 Å². The summed E-state index contributed by atoms with van der Waals surface area (Å²) < 4.78 is 0. The van der Waals surface area contributed by atoms with Crippen LogP contribution >= 0.6 is 46.1 Å². The monoisotopic (exact) mass is 306 g/mol. The van der Waals surface area contributed by atoms with Gasteiger partial charge in [-0.2, -0.15) is 11.3 Å². The largest absolute Gasteiger partial charge is 0.354 e. The van der Waals surface area contributed by atoms with Gasteiger partial charge < -0.3 is 4.90 Å². The molecule has 0 unspecified atom stereocenters. The minimum atomic E-state index is 0.267. The minimum absolute atomic E-state index is 0.267. The number of hydrogen-bond acceptors (Lipinski definition) is 3. The van der Waals surface area contributed by atoms with Crippen LogP contribution in [0.1, 0.15) is 5.56 Å². The molecule has 0 aliphatic rings. The number of rotatable bonds is 3. The summed E-state index contributed by atoms with van der Waals surface area (Å²) in [5, 5.41) is 5.25. The lowest BCUT2D eigenvalue weighted by molar-refractivity contribution is 0.902. The molecule has 6 heteroatoms. The van der Waals surface area contributed by atoms with Crippen LogP contribution in [0.2, 0.25) is 15.2 Å². The molecule has 0 aromatic carbocycles. The van der Waals surface area contributed by atoms with Crippen molar-refractivity contribution in [3.05, 3.63) is 43.7 Å². The molecule has 0 saturated heterocycles. The van der Waals surface area contributed by atoms with E-state index in [1.165, 1.54) is 5.56 Å². The maximum atomic E-state index is 6.09. The fraction of sp³-hybridized carbons (Fsp3) is 0.182. The number of halogens is 3. The van der Waals surface area contributed by atoms with E-state index in [4.69, 9.17) is 34.8 Å². The highest BCUT2D eigenvalue weighted by Gasteiger charge is 2.12. The number of thiophene rings is 1. The van der Waals surface area contributed by atoms with Crippen LogP contribution in [-0.4, -0.2) is 12.0 Å². The lowest BCUT2D eigenvalue weighted by atomic mass is 10.3. The summed E-state index contributed by atoms with van der Waals surface area (Å²) in [6.45, 7) is 0.730. The highest BCUT2D eigenvalue weighted by atomic mass is 35.5. The molecule has 2 nitrogen and oxygen atoms in total. The molecule has 0 fully saturated rings. The van der Waals surface area contributed by atoms with Crippen molar-refractivity contribution in [1.82, 2.24) is 4.98 Å². The third kappa shape index (κ3) is 3.05. The van der Waals surface area contributed by atoms with Crippen LogP contribution < -0.4 is 4.90 Å². The molecular weight excluding hydrogens is 299 g/mol. The number of anilines is 1. The molecule has 0 saturated carbocycles. The molecule has 0 radical (unpaired) electrons. The fourth-order valence-corrected chi connectivity index (χ4v) is 2.73. The topological polar surface area (TPSA) is 16.1 Å². The van der Waals surface area contributed by atoms with Gasteiger partial charge >= 0.3 is 0 Å². The van der Waals surface area contributed by atoms with Crippen molar-refractivity contribution < 1.29 is 0 Å². The van der Waals surface area contributed by atoms with Gasteiger partial charge in [-0.1, -0.05) is 34.8 Å². The number of aromatic nitrogens is 1. The fourth-order valence-electron chi connectivity index (χ4n) is 1.43. The first-order chi connectivity index (χ1) is 8.08. The van der Waals surface area contributed by atoms with Gasteiger partial charge in [-0.25, -0.2) is 4.98 Å². The van der Waals surface area contributed by atoms with Crippen molar-refractivity contribution in [2.75, 3.05) is 11.9 Å². The summed E-state index contributed by atoms with van der Waals surface area (Å²) in [4.78, 5) is 6.12. The first kappa shape index (κ1) is 13.0. The summed E-state index contributed by atoms with van der Waals surface area (Å²) in [6.07, 6.45) is 0. The predicted octanol–water partition coefficient (Wildman–Crippen LogP) is 4.74. The average Bonchev–Trinajstić information content (AvgIpc) is 2.76. The Hall–Kier alpha value is -0.480. The standard InChI is InChI=1S/C11H9Cl3N2S/c1-16(5-7-2-3-17-6-7)11-9(13)4-8(12)10(14)15-11/h2-4,6H,5H2,1H3. The van der Waals surface area contributed by atoms with E-state index in [1.807, 2.05) is 17.3 Å². The minimum Gasteiger partial charge on any atom is -0.354 e. The Labute approximate surface area is 119 Å². The molecule has 0 spiro atoms. The van der Waals surface area contributed by atoms with Crippen LogP contribution in [0.3, 0.4) is 0 Å². The quantitative estimate of drug-likeness (QED) is 0.761. The van der Waals surface area contributed by atoms with Gasteiger partial charge in [0, 0.05) is 13.6 Å². The van der Waals surface area contributed by atoms with E-state index in [0.717, 1.165) is 6.54 Å². The molecule has 0 bridgehead atoms. The molecule has 17 heavy (non-hydrogen) atoms. The smallest absolute Gasteiger partial charge is 0.150 e. The van der Waals surface area contributed by atoms with Crippen LogP contribution in [0.5, 0.6) is 0 Å². The highest BCUT2D eigenvalue weighted by Crippen LogP contribution is 2.31. The third-order valence-corrected chi connectivity index (χ3v) is 3.91. The van der Waals surface area contributed by atoms with Crippen LogP contribution in [0.4, 0.5) is 5.82 Å². The summed E-state index contributed by atoms with van der Waals surface area (Å²) in [6, 6.07) is 3.67. The Morgan fingerprint density at radius 2 is 2.06 bits per heavy atom. The van der Waals surface area contributed by atoms with Gasteiger partial charge in [0.25, 0.3) is 0 Å². The molecule has 2 aromatic rings. The second-order valence-corrected chi connectivity index (χ2v) is 5.51. The molecule has 2 heterocycles. The van der Waals surface area contributed by atoms with Crippen molar-refractivity contribution in [3.63, 3.8) is 0 Å². The van der Waals surface area contributed by atoms with E-state index in [2.05, 4.69) is 16.4 Å². The molecule has 2 aromatic heterocycles. The normalized spacial score (nSPS) is 10.6. The van der Waals surface area contributed by atoms with E-state index in [-0.39, 0.29) is 5.15 Å². The van der Waals surface area contributed by atoms with Crippen LogP contribution in [0, 0.1) is 0 Å². The first-order valence-electron chi connectivity index (χ1n) is 4.81. The SMILES string of the molecule is CN(Cc1ccsc1)c1nc(Cl)c(Cl)cc1Cl. The zero-order chi connectivity index (χ0) is 12.4. The van der Waals surface area contributed by atoms with Gasteiger partial charge in [-0.3, -0.25) is 0 Å². The zero-order valence-corrected chi connectivity index (χ0v) is 12.0. The summed E-state index contributed by atoms with van der Waals surface area (Å²) >= 11 is 19.5. The molecule has 0 N–H and O–H groups in total. The Balaban J connectivity index is 2.24. The molecule has 0 aliphatic heterocycles. The van der Waals surface area contributed by atoms with Gasteiger partial charge in [-0.15, -0.1) is 0 Å². The van der Waals surface area contributed by atoms with Crippen molar-refractivity contribution >= 4 is 52.0 Å². The van der Waals surface area contributed by atoms with Gasteiger partial charge in [-0.05, 0) is 28.5 Å². The summed E-state index contributed by atoms with van der Waals surface area (Å²) in [5.41, 5.74) is 1.21. The molecule has 0 aliphatic carbocycles. The van der Waals surface area contributed by atoms with Crippen molar-refractivity contribution in [2.24, 2.45) is 0 Å². The Morgan fingerprint density at radius 1 is 1.29 bits per heavy atom. The lowest BCUT2D eigenvalue weighted by Gasteiger charge is -2.19. The second-order valence-electron chi connectivity index (χ2n) is 3.55. The van der Waals surface area contributed by atoms with Crippen LogP contribution in [0.15, 0.2) is 22.9 Å². The maximum absolute atomic E-state index is 6.09. The maximum Gasteiger partial charge on any atom is 0.150 e. The van der Waals surface area contributed by atoms with Gasteiger partial charge in [0.2, 0.25) is 0 Å². The van der Waals surface area contributed by atoms with Crippen LogP contribution in [0.25, 0.3) is 0 Å². The van der Waals surface area contributed by atoms with Crippen molar-refractivity contribution in [3.8, 4) is 0 Å². The van der Waals surface area contributed by atoms with E-state index in [9.17, 15) is 0 Å². The number of hydrogen-bond donors (Lipinski definition) is 0. The molecule has 2 rings (SSSR count). The summed E-state index contributed by atoms with van der Waals surface area (Å²) in [5.74, 6) is 0.632. The molecule has 0 amide bonds. The van der Waals surface area contributed by atoms with Gasteiger partial charge in [0.15, 0.2) is 0 Å². The Morgan fingerprint density at radius 3 is 2.71 bits per heavy atom. The van der Waals surface area contributed by atoms with E-state index in [0.29, 0.717) is 15.9 Å². The highest BCUT2D eigenvalue weighted by molar-refractivity contribution is 7.07. The van der Waals surface area contributed by atoms with Gasteiger partial charge in [0.05, 0.1) is 10.0 Å². The Kier molecular flexibility index (Phi) is 4.15. The van der Waals surface area contributed by atoms with E-state index >= 15 is 0 Å². The van der Waals surface area contributed by atoms with Crippen LogP contribution in [-0.2, 0) is 6.54 Å².